The zero-order chi connectivity index (χ0) is 28.9. The minimum atomic E-state index is -4.10. The predicted octanol–water partition coefficient (Wildman–Crippen LogP) is 5.29. The van der Waals surface area contributed by atoms with Crippen LogP contribution >= 0.6 is 11.6 Å². The molecule has 2 N–H and O–H groups in total. The number of aryl methyl sites for hydroxylation is 1. The van der Waals surface area contributed by atoms with E-state index in [-0.39, 0.29) is 21.2 Å². The first-order valence-corrected chi connectivity index (χ1v) is 15.2. The highest BCUT2D eigenvalue weighted by molar-refractivity contribution is 7.93. The summed E-state index contributed by atoms with van der Waals surface area (Å²) in [6.07, 6.45) is 0. The average molecular weight is 600 g/mol. The molecule has 208 valence electrons. The maximum Gasteiger partial charge on any atom is 0.264 e. The van der Waals surface area contributed by atoms with Gasteiger partial charge in [-0.15, -0.1) is 0 Å². The number of methoxy groups -OCH3 is 1. The van der Waals surface area contributed by atoms with Crippen molar-refractivity contribution in [3.05, 3.63) is 108 Å². The van der Waals surface area contributed by atoms with Gasteiger partial charge in [-0.2, -0.15) is 0 Å². The number of anilines is 3. The van der Waals surface area contributed by atoms with Gasteiger partial charge in [-0.05, 0) is 91.9 Å². The Bertz CT molecular complexity index is 1690. The second-order valence-electron chi connectivity index (χ2n) is 8.71. The highest BCUT2D eigenvalue weighted by Gasteiger charge is 2.27. The lowest BCUT2D eigenvalue weighted by atomic mass is 10.2. The summed E-state index contributed by atoms with van der Waals surface area (Å²) < 4.78 is 61.1. The summed E-state index contributed by atoms with van der Waals surface area (Å²) in [6.45, 7) is 1.32. The van der Waals surface area contributed by atoms with E-state index in [0.29, 0.717) is 16.5 Å². The molecule has 0 aliphatic carbocycles. The molecule has 40 heavy (non-hydrogen) atoms. The molecule has 12 heteroatoms. The number of hydrogen-bond acceptors (Lipinski definition) is 6. The van der Waals surface area contributed by atoms with E-state index >= 15 is 0 Å². The van der Waals surface area contributed by atoms with Gasteiger partial charge in [0.1, 0.15) is 12.3 Å². The largest absolute Gasteiger partial charge is 0.497 e. The van der Waals surface area contributed by atoms with Gasteiger partial charge in [0.05, 0.1) is 22.6 Å². The van der Waals surface area contributed by atoms with Gasteiger partial charge in [0, 0.05) is 16.4 Å². The number of carbonyl (C=O) groups is 1. The van der Waals surface area contributed by atoms with Gasteiger partial charge in [0.25, 0.3) is 20.0 Å². The number of hydrogen-bond donors (Lipinski definition) is 2. The summed E-state index contributed by atoms with van der Waals surface area (Å²) in [7, 11) is -6.50. The highest BCUT2D eigenvalue weighted by Crippen LogP contribution is 2.26. The number of benzene rings is 4. The Morgan fingerprint density at radius 2 is 1.32 bits per heavy atom. The first-order chi connectivity index (χ1) is 19.0. The van der Waals surface area contributed by atoms with Gasteiger partial charge in [-0.1, -0.05) is 29.3 Å². The minimum Gasteiger partial charge on any atom is -0.497 e. The van der Waals surface area contributed by atoms with Gasteiger partial charge < -0.3 is 10.1 Å². The Kier molecular flexibility index (Phi) is 8.67. The van der Waals surface area contributed by atoms with Crippen LogP contribution in [-0.2, 0) is 24.8 Å². The molecule has 4 rings (SSSR count). The summed E-state index contributed by atoms with van der Waals surface area (Å²) in [5.74, 6) is -0.0946. The van der Waals surface area contributed by atoms with E-state index in [2.05, 4.69) is 10.0 Å². The van der Waals surface area contributed by atoms with E-state index in [1.165, 1.54) is 55.6 Å². The number of halogens is 1. The van der Waals surface area contributed by atoms with Crippen molar-refractivity contribution >= 4 is 54.6 Å². The van der Waals surface area contributed by atoms with Gasteiger partial charge in [0.2, 0.25) is 5.91 Å². The lowest BCUT2D eigenvalue weighted by Crippen LogP contribution is -2.38. The van der Waals surface area contributed by atoms with Crippen LogP contribution in [0.3, 0.4) is 0 Å². The third-order valence-corrected chi connectivity index (χ3v) is 9.24. The SMILES string of the molecule is COc1ccc(N(CC(=O)Nc2ccc(S(=O)(=O)Nc3ccc(Cl)cc3)cc2)S(=O)(=O)c2ccc(C)cc2)cc1. The molecule has 4 aromatic rings. The topological polar surface area (TPSA) is 122 Å². The number of amides is 1. The van der Waals surface area contributed by atoms with E-state index in [1.54, 1.807) is 48.5 Å². The van der Waals surface area contributed by atoms with Crippen molar-refractivity contribution in [2.45, 2.75) is 16.7 Å². The summed E-state index contributed by atoms with van der Waals surface area (Å²) in [5.41, 5.74) is 1.79. The van der Waals surface area contributed by atoms with Crippen LogP contribution in [0.25, 0.3) is 0 Å². The standard InChI is InChI=1S/C28H26ClN3O6S2/c1-20-3-15-27(16-4-20)40(36,37)32(24-11-13-25(38-2)14-12-24)19-28(33)30-22-9-17-26(18-10-22)39(34,35)31-23-7-5-21(29)6-8-23/h3-18,31H,19H2,1-2H3,(H,30,33). The molecule has 0 saturated heterocycles. The zero-order valence-corrected chi connectivity index (χ0v) is 23.9. The third-order valence-electron chi connectivity index (χ3n) is 5.80. The molecule has 0 spiro atoms. The number of ether oxygens (including phenoxy) is 1. The van der Waals surface area contributed by atoms with Crippen LogP contribution in [0.4, 0.5) is 17.1 Å². The second kappa shape index (κ2) is 12.0. The monoisotopic (exact) mass is 599 g/mol. The molecular formula is C28H26ClN3O6S2. The fraction of sp³-hybridized carbons (Fsp3) is 0.107. The number of nitrogens with zero attached hydrogens (tertiary/aromatic N) is 1. The molecule has 0 saturated carbocycles. The first kappa shape index (κ1) is 28.9. The highest BCUT2D eigenvalue weighted by atomic mass is 35.5. The molecule has 0 unspecified atom stereocenters. The number of sulfonamides is 2. The lowest BCUT2D eigenvalue weighted by molar-refractivity contribution is -0.114. The Morgan fingerprint density at radius 3 is 1.90 bits per heavy atom. The molecule has 0 bridgehead atoms. The Balaban J connectivity index is 1.53. The summed E-state index contributed by atoms with van der Waals surface area (Å²) in [5, 5.41) is 3.10. The molecule has 0 radical (unpaired) electrons. The van der Waals surface area contributed by atoms with Crippen LogP contribution in [0.15, 0.2) is 107 Å². The van der Waals surface area contributed by atoms with E-state index in [9.17, 15) is 21.6 Å². The third kappa shape index (κ3) is 6.92. The Hall–Kier alpha value is -4.06. The first-order valence-electron chi connectivity index (χ1n) is 11.9. The van der Waals surface area contributed by atoms with E-state index < -0.39 is 32.5 Å². The quantitative estimate of drug-likeness (QED) is 0.255. The number of nitrogens with one attached hydrogen (secondary N) is 2. The van der Waals surface area contributed by atoms with Crippen LogP contribution in [0, 0.1) is 6.92 Å². The second-order valence-corrected chi connectivity index (χ2v) is 12.7. The molecule has 0 atom stereocenters. The van der Waals surface area contributed by atoms with Gasteiger partial charge >= 0.3 is 0 Å². The minimum absolute atomic E-state index is 0.0257. The molecule has 9 nitrogen and oxygen atoms in total. The van der Waals surface area contributed by atoms with E-state index in [1.807, 2.05) is 6.92 Å². The van der Waals surface area contributed by atoms with Crippen LogP contribution in [0.1, 0.15) is 5.56 Å². The van der Waals surface area contributed by atoms with Crippen molar-refractivity contribution in [1.29, 1.82) is 0 Å². The van der Waals surface area contributed by atoms with Crippen LogP contribution in [0.5, 0.6) is 5.75 Å². The Morgan fingerprint density at radius 1 is 0.775 bits per heavy atom. The van der Waals surface area contributed by atoms with Crippen molar-refractivity contribution in [3.8, 4) is 5.75 Å². The molecule has 0 fully saturated rings. The van der Waals surface area contributed by atoms with Crippen LogP contribution < -0.4 is 19.1 Å². The van der Waals surface area contributed by atoms with Crippen LogP contribution in [-0.4, -0.2) is 36.4 Å². The summed E-state index contributed by atoms with van der Waals surface area (Å²) in [6, 6.07) is 24.3. The average Bonchev–Trinajstić information content (AvgIpc) is 2.93. The normalized spacial score (nSPS) is 11.5. The van der Waals surface area contributed by atoms with Crippen LogP contribution in [0.2, 0.25) is 5.02 Å². The van der Waals surface area contributed by atoms with Crippen molar-refractivity contribution < 1.29 is 26.4 Å². The smallest absolute Gasteiger partial charge is 0.264 e. The van der Waals surface area contributed by atoms with E-state index in [0.717, 1.165) is 9.87 Å². The fourth-order valence-electron chi connectivity index (χ4n) is 3.68. The van der Waals surface area contributed by atoms with E-state index in [4.69, 9.17) is 16.3 Å². The molecule has 0 aliphatic heterocycles. The molecular weight excluding hydrogens is 574 g/mol. The lowest BCUT2D eigenvalue weighted by Gasteiger charge is -2.24. The summed E-state index contributed by atoms with van der Waals surface area (Å²) >= 11 is 5.85. The maximum atomic E-state index is 13.5. The number of rotatable bonds is 10. The molecule has 0 heterocycles. The summed E-state index contributed by atoms with van der Waals surface area (Å²) in [4.78, 5) is 13.0. The molecule has 0 aromatic heterocycles. The maximum absolute atomic E-state index is 13.5. The Labute approximate surface area is 238 Å². The molecule has 4 aromatic carbocycles. The van der Waals surface area contributed by atoms with Crippen molar-refractivity contribution in [2.75, 3.05) is 28.0 Å². The number of carbonyl (C=O) groups excluding carboxylic acids is 1. The van der Waals surface area contributed by atoms with Crippen molar-refractivity contribution in [1.82, 2.24) is 0 Å². The predicted molar refractivity (Wildman–Crippen MR) is 156 cm³/mol. The van der Waals surface area contributed by atoms with Gasteiger partial charge in [0.15, 0.2) is 0 Å². The zero-order valence-electron chi connectivity index (χ0n) is 21.5. The molecule has 1 amide bonds. The van der Waals surface area contributed by atoms with Crippen molar-refractivity contribution in [3.63, 3.8) is 0 Å². The fourth-order valence-corrected chi connectivity index (χ4v) is 6.29. The van der Waals surface area contributed by atoms with Crippen molar-refractivity contribution in [2.24, 2.45) is 0 Å². The van der Waals surface area contributed by atoms with Gasteiger partial charge in [-0.3, -0.25) is 13.8 Å². The molecule has 0 aliphatic rings. The van der Waals surface area contributed by atoms with Gasteiger partial charge in [-0.25, -0.2) is 16.8 Å².